The van der Waals surface area contributed by atoms with Gasteiger partial charge in [-0.1, -0.05) is 13.8 Å². The van der Waals surface area contributed by atoms with E-state index in [0.717, 1.165) is 0 Å². The van der Waals surface area contributed by atoms with Gasteiger partial charge in [0.2, 0.25) is 0 Å². The van der Waals surface area contributed by atoms with E-state index in [1.54, 1.807) is 41.1 Å². The van der Waals surface area contributed by atoms with Crippen LogP contribution in [0.1, 0.15) is 53.1 Å². The maximum absolute atomic E-state index is 13.2. The van der Waals surface area contributed by atoms with Crippen molar-refractivity contribution in [1.29, 1.82) is 0 Å². The summed E-state index contributed by atoms with van der Waals surface area (Å²) >= 11 is 0. The summed E-state index contributed by atoms with van der Waals surface area (Å²) in [6.45, 7) is 6.25. The summed E-state index contributed by atoms with van der Waals surface area (Å²) in [5.41, 5.74) is 6.81. The van der Waals surface area contributed by atoms with Gasteiger partial charge in [0.05, 0.1) is 29.7 Å². The lowest BCUT2D eigenvalue weighted by molar-refractivity contribution is 0.0846. The van der Waals surface area contributed by atoms with Gasteiger partial charge < -0.3 is 4.74 Å². The fourth-order valence-electron chi connectivity index (χ4n) is 3.00. The van der Waals surface area contributed by atoms with Crippen molar-refractivity contribution in [2.24, 2.45) is 0 Å². The van der Waals surface area contributed by atoms with Gasteiger partial charge in [0.15, 0.2) is 0 Å². The second-order valence-corrected chi connectivity index (χ2v) is 6.85. The van der Waals surface area contributed by atoms with Crippen molar-refractivity contribution >= 4 is 11.8 Å². The smallest absolute Gasteiger partial charge is 0.273 e. The van der Waals surface area contributed by atoms with Crippen molar-refractivity contribution in [2.75, 3.05) is 6.61 Å². The molecule has 2 N–H and O–H groups in total. The summed E-state index contributed by atoms with van der Waals surface area (Å²) in [5.74, 6) is -0.685. The molecule has 0 atom stereocenters. The second-order valence-electron chi connectivity index (χ2n) is 6.85. The monoisotopic (exact) mass is 410 g/mol. The number of nitrogens with one attached hydrogen (secondary N) is 2. The molecule has 2 aromatic carbocycles. The zero-order chi connectivity index (χ0) is 21.7. The van der Waals surface area contributed by atoms with E-state index in [1.165, 1.54) is 18.3 Å². The largest absolute Gasteiger partial charge is 0.494 e. The Morgan fingerprint density at radius 2 is 1.67 bits per heavy atom. The van der Waals surface area contributed by atoms with Gasteiger partial charge in [-0.2, -0.15) is 5.10 Å². The molecule has 0 bridgehead atoms. The first-order chi connectivity index (χ1) is 14.4. The number of aromatic nitrogens is 2. The third-order valence-electron chi connectivity index (χ3n) is 4.39. The van der Waals surface area contributed by atoms with Gasteiger partial charge in [0, 0.05) is 5.56 Å². The number of rotatable bonds is 6. The van der Waals surface area contributed by atoms with Crippen LogP contribution in [0.15, 0.2) is 54.7 Å². The van der Waals surface area contributed by atoms with Crippen molar-refractivity contribution in [3.05, 3.63) is 77.4 Å². The molecule has 8 heteroatoms. The van der Waals surface area contributed by atoms with E-state index >= 15 is 0 Å². The average Bonchev–Trinajstić information content (AvgIpc) is 3.19. The van der Waals surface area contributed by atoms with Crippen molar-refractivity contribution in [2.45, 2.75) is 26.7 Å². The Kier molecular flexibility index (Phi) is 6.46. The van der Waals surface area contributed by atoms with Crippen LogP contribution in [0.2, 0.25) is 0 Å². The van der Waals surface area contributed by atoms with Gasteiger partial charge in [0.25, 0.3) is 11.8 Å². The minimum absolute atomic E-state index is 0.0416. The third kappa shape index (κ3) is 4.65. The molecule has 3 rings (SSSR count). The maximum atomic E-state index is 13.2. The van der Waals surface area contributed by atoms with Gasteiger partial charge in [-0.25, -0.2) is 9.07 Å². The third-order valence-corrected chi connectivity index (χ3v) is 4.39. The van der Waals surface area contributed by atoms with Gasteiger partial charge in [-0.3, -0.25) is 20.4 Å². The van der Waals surface area contributed by atoms with E-state index < -0.39 is 11.8 Å². The lowest BCUT2D eigenvalue weighted by atomic mass is 10.1. The van der Waals surface area contributed by atoms with Crippen LogP contribution in [0.4, 0.5) is 4.39 Å². The number of hydrogen-bond acceptors (Lipinski definition) is 4. The highest BCUT2D eigenvalue weighted by Crippen LogP contribution is 2.23. The molecule has 1 heterocycles. The number of nitrogens with zero attached hydrogens (tertiary/aromatic N) is 2. The second kappa shape index (κ2) is 9.21. The van der Waals surface area contributed by atoms with Crippen LogP contribution >= 0.6 is 0 Å². The molecule has 3 aromatic rings. The van der Waals surface area contributed by atoms with Crippen LogP contribution in [0.25, 0.3) is 5.69 Å². The number of amides is 2. The molecule has 0 aliphatic heterocycles. The Morgan fingerprint density at radius 1 is 1.03 bits per heavy atom. The van der Waals surface area contributed by atoms with Crippen LogP contribution in [0.3, 0.4) is 0 Å². The molecule has 2 amide bonds. The van der Waals surface area contributed by atoms with Gasteiger partial charge in [-0.05, 0) is 61.4 Å². The first-order valence-electron chi connectivity index (χ1n) is 9.58. The molecule has 0 unspecified atom stereocenters. The quantitative estimate of drug-likeness (QED) is 0.608. The molecule has 0 spiro atoms. The lowest BCUT2D eigenvalue weighted by Gasteiger charge is -2.13. The molecular formula is C22H23FN4O3. The summed E-state index contributed by atoms with van der Waals surface area (Å²) in [7, 11) is 0. The van der Waals surface area contributed by atoms with E-state index in [2.05, 4.69) is 16.0 Å². The van der Waals surface area contributed by atoms with Gasteiger partial charge in [-0.15, -0.1) is 0 Å². The first kappa shape index (κ1) is 21.0. The van der Waals surface area contributed by atoms with E-state index in [0.29, 0.717) is 34.9 Å². The van der Waals surface area contributed by atoms with Crippen LogP contribution < -0.4 is 15.6 Å². The first-order valence-corrected chi connectivity index (χ1v) is 9.58. The molecule has 7 nitrogen and oxygen atoms in total. The van der Waals surface area contributed by atoms with E-state index in [9.17, 15) is 14.0 Å². The molecule has 156 valence electrons. The number of benzene rings is 2. The highest BCUT2D eigenvalue weighted by molar-refractivity contribution is 5.99. The van der Waals surface area contributed by atoms with Crippen LogP contribution in [0, 0.1) is 5.82 Å². The van der Waals surface area contributed by atoms with Crippen LogP contribution in [-0.2, 0) is 0 Å². The standard InChI is InChI=1S/C22H23FN4O3/c1-4-30-18-11-5-15(6-12-18)21(28)25-26-22(29)19-13-24-27(20(19)14(2)3)17-9-7-16(23)8-10-17/h5-14H,4H2,1-3H3,(H,25,28)(H,26,29). The summed E-state index contributed by atoms with van der Waals surface area (Å²) in [6, 6.07) is 12.4. The number of hydrazine groups is 1. The van der Waals surface area contributed by atoms with Crippen LogP contribution in [-0.4, -0.2) is 28.2 Å². The Hall–Kier alpha value is -3.68. The number of hydrogen-bond donors (Lipinski definition) is 2. The van der Waals surface area contributed by atoms with E-state index in [1.807, 2.05) is 20.8 Å². The normalized spacial score (nSPS) is 10.7. The summed E-state index contributed by atoms with van der Waals surface area (Å²) in [5, 5.41) is 4.28. The fourth-order valence-corrected chi connectivity index (χ4v) is 3.00. The molecule has 0 fully saturated rings. The topological polar surface area (TPSA) is 85.2 Å². The number of ether oxygens (including phenoxy) is 1. The molecule has 30 heavy (non-hydrogen) atoms. The summed E-state index contributed by atoms with van der Waals surface area (Å²) < 4.78 is 20.2. The average molecular weight is 410 g/mol. The lowest BCUT2D eigenvalue weighted by Crippen LogP contribution is -2.41. The fraction of sp³-hybridized carbons (Fsp3) is 0.227. The molecule has 0 aliphatic carbocycles. The van der Waals surface area contributed by atoms with Crippen molar-refractivity contribution in [3.8, 4) is 11.4 Å². The van der Waals surface area contributed by atoms with Crippen molar-refractivity contribution < 1.29 is 18.7 Å². The van der Waals surface area contributed by atoms with Crippen molar-refractivity contribution in [1.82, 2.24) is 20.6 Å². The van der Waals surface area contributed by atoms with Gasteiger partial charge >= 0.3 is 0 Å². The minimum Gasteiger partial charge on any atom is -0.494 e. The Bertz CT molecular complexity index is 1030. The number of carbonyl (C=O) groups is 2. The number of carbonyl (C=O) groups excluding carboxylic acids is 2. The zero-order valence-corrected chi connectivity index (χ0v) is 17.0. The van der Waals surface area contributed by atoms with Gasteiger partial charge in [0.1, 0.15) is 11.6 Å². The SMILES string of the molecule is CCOc1ccc(C(=O)NNC(=O)c2cnn(-c3ccc(F)cc3)c2C(C)C)cc1. The predicted octanol–water partition coefficient (Wildman–Crippen LogP) is 3.61. The molecule has 1 aromatic heterocycles. The predicted molar refractivity (Wildman–Crippen MR) is 110 cm³/mol. The molecular weight excluding hydrogens is 387 g/mol. The zero-order valence-electron chi connectivity index (χ0n) is 17.0. The molecule has 0 saturated heterocycles. The Labute approximate surface area is 173 Å². The highest BCUT2D eigenvalue weighted by Gasteiger charge is 2.21. The van der Waals surface area contributed by atoms with Crippen LogP contribution in [0.5, 0.6) is 5.75 Å². The molecule has 0 saturated carbocycles. The maximum Gasteiger partial charge on any atom is 0.273 e. The summed E-state index contributed by atoms with van der Waals surface area (Å²) in [6.07, 6.45) is 1.43. The summed E-state index contributed by atoms with van der Waals surface area (Å²) in [4.78, 5) is 25.0. The molecule has 0 aliphatic rings. The van der Waals surface area contributed by atoms with E-state index in [4.69, 9.17) is 4.74 Å². The number of halogens is 1. The Morgan fingerprint density at radius 3 is 2.27 bits per heavy atom. The molecule has 0 radical (unpaired) electrons. The van der Waals surface area contributed by atoms with Crippen molar-refractivity contribution in [3.63, 3.8) is 0 Å². The van der Waals surface area contributed by atoms with E-state index in [-0.39, 0.29) is 11.7 Å². The minimum atomic E-state index is -0.494. The Balaban J connectivity index is 1.73. The highest BCUT2D eigenvalue weighted by atomic mass is 19.1.